The van der Waals surface area contributed by atoms with Crippen molar-refractivity contribution in [1.29, 1.82) is 0 Å². The summed E-state index contributed by atoms with van der Waals surface area (Å²) in [6.45, 7) is 0. The quantitative estimate of drug-likeness (QED) is 0.834. The number of nitrogens with two attached hydrogens (primary N) is 1. The molecular weight excluding hydrogens is 247 g/mol. The number of benzene rings is 2. The summed E-state index contributed by atoms with van der Waals surface area (Å²) in [6.07, 6.45) is 0. The average molecular weight is 260 g/mol. The van der Waals surface area contributed by atoms with Crippen LogP contribution in [0.25, 0.3) is 0 Å². The Hall–Kier alpha value is -2.56. The third kappa shape index (κ3) is 2.82. The van der Waals surface area contributed by atoms with Crippen molar-refractivity contribution in [2.75, 3.05) is 18.2 Å². The van der Waals surface area contributed by atoms with E-state index in [0.717, 1.165) is 0 Å². The molecule has 0 saturated carbocycles. The van der Waals surface area contributed by atoms with Crippen LogP contribution >= 0.6 is 0 Å². The highest BCUT2D eigenvalue weighted by atomic mass is 19.1. The highest BCUT2D eigenvalue weighted by molar-refractivity contribution is 6.07. The highest BCUT2D eigenvalue weighted by Gasteiger charge is 2.15. The SMILES string of the molecule is COc1ccc(NC(=O)c2c(N)cccc2F)cc1. The molecule has 2 aromatic carbocycles. The number of halogens is 1. The van der Waals surface area contributed by atoms with Gasteiger partial charge in [-0.25, -0.2) is 4.39 Å². The van der Waals surface area contributed by atoms with Gasteiger partial charge in [-0.05, 0) is 36.4 Å². The topological polar surface area (TPSA) is 64.3 Å². The Morgan fingerprint density at radius 1 is 1.21 bits per heavy atom. The summed E-state index contributed by atoms with van der Waals surface area (Å²) in [5.74, 6) is -0.560. The zero-order valence-corrected chi connectivity index (χ0v) is 10.3. The standard InChI is InChI=1S/C14H13FN2O2/c1-19-10-7-5-9(6-8-10)17-14(18)13-11(15)3-2-4-12(13)16/h2-8H,16H2,1H3,(H,17,18). The Bertz CT molecular complexity index is 577. The molecule has 4 nitrogen and oxygen atoms in total. The Balaban J connectivity index is 2.21. The molecule has 0 aromatic heterocycles. The minimum absolute atomic E-state index is 0.103. The van der Waals surface area contributed by atoms with Gasteiger partial charge in [0.05, 0.1) is 12.7 Å². The van der Waals surface area contributed by atoms with E-state index in [9.17, 15) is 9.18 Å². The third-order valence-electron chi connectivity index (χ3n) is 2.62. The summed E-state index contributed by atoms with van der Waals surface area (Å²) < 4.78 is 18.6. The van der Waals surface area contributed by atoms with E-state index in [1.165, 1.54) is 18.2 Å². The molecule has 2 rings (SSSR count). The van der Waals surface area contributed by atoms with Gasteiger partial charge >= 0.3 is 0 Å². The molecule has 0 aliphatic heterocycles. The molecule has 1 amide bonds. The molecule has 0 saturated heterocycles. The maximum Gasteiger partial charge on any atom is 0.260 e. The van der Waals surface area contributed by atoms with E-state index in [0.29, 0.717) is 11.4 Å². The lowest BCUT2D eigenvalue weighted by Gasteiger charge is -2.09. The molecule has 2 aromatic rings. The fourth-order valence-corrected chi connectivity index (χ4v) is 1.65. The van der Waals surface area contributed by atoms with E-state index < -0.39 is 11.7 Å². The molecular formula is C14H13FN2O2. The van der Waals surface area contributed by atoms with E-state index in [1.54, 1.807) is 31.4 Å². The molecule has 0 bridgehead atoms. The van der Waals surface area contributed by atoms with Crippen LogP contribution in [0.15, 0.2) is 42.5 Å². The first-order valence-corrected chi connectivity index (χ1v) is 5.61. The van der Waals surface area contributed by atoms with E-state index in [-0.39, 0.29) is 11.3 Å². The van der Waals surface area contributed by atoms with Gasteiger partial charge in [0.25, 0.3) is 5.91 Å². The summed E-state index contributed by atoms with van der Waals surface area (Å²) in [5.41, 5.74) is 6.08. The molecule has 0 radical (unpaired) electrons. The number of ether oxygens (including phenoxy) is 1. The molecule has 0 atom stereocenters. The molecule has 0 aliphatic rings. The van der Waals surface area contributed by atoms with Gasteiger partial charge in [0.1, 0.15) is 11.6 Å². The van der Waals surface area contributed by atoms with Crippen molar-refractivity contribution in [3.05, 3.63) is 53.8 Å². The number of rotatable bonds is 3. The molecule has 98 valence electrons. The number of nitrogen functional groups attached to an aromatic ring is 1. The first-order valence-electron chi connectivity index (χ1n) is 5.61. The number of amides is 1. The van der Waals surface area contributed by atoms with Gasteiger partial charge in [-0.1, -0.05) is 6.07 Å². The molecule has 5 heteroatoms. The van der Waals surface area contributed by atoms with Crippen LogP contribution in [-0.2, 0) is 0 Å². The van der Waals surface area contributed by atoms with Crippen molar-refractivity contribution in [1.82, 2.24) is 0 Å². The molecule has 3 N–H and O–H groups in total. The van der Waals surface area contributed by atoms with Crippen LogP contribution in [0.1, 0.15) is 10.4 Å². The summed E-state index contributed by atoms with van der Waals surface area (Å²) in [7, 11) is 1.55. The zero-order chi connectivity index (χ0) is 13.8. The van der Waals surface area contributed by atoms with Crippen molar-refractivity contribution in [3.8, 4) is 5.75 Å². The largest absolute Gasteiger partial charge is 0.497 e. The van der Waals surface area contributed by atoms with Crippen LogP contribution in [0.4, 0.5) is 15.8 Å². The van der Waals surface area contributed by atoms with E-state index >= 15 is 0 Å². The minimum Gasteiger partial charge on any atom is -0.497 e. The maximum atomic E-state index is 13.6. The van der Waals surface area contributed by atoms with E-state index in [4.69, 9.17) is 10.5 Å². The zero-order valence-electron chi connectivity index (χ0n) is 10.3. The number of nitrogens with one attached hydrogen (secondary N) is 1. The maximum absolute atomic E-state index is 13.6. The van der Waals surface area contributed by atoms with Crippen LogP contribution < -0.4 is 15.8 Å². The van der Waals surface area contributed by atoms with Crippen molar-refractivity contribution in [2.45, 2.75) is 0 Å². The summed E-state index contributed by atoms with van der Waals surface area (Å²) >= 11 is 0. The van der Waals surface area contributed by atoms with Crippen LogP contribution in [0.2, 0.25) is 0 Å². The van der Waals surface area contributed by atoms with E-state index in [1.807, 2.05) is 0 Å². The minimum atomic E-state index is -0.647. The lowest BCUT2D eigenvalue weighted by molar-refractivity contribution is 0.102. The lowest BCUT2D eigenvalue weighted by atomic mass is 10.1. The van der Waals surface area contributed by atoms with Gasteiger partial charge in [0.15, 0.2) is 0 Å². The second-order valence-electron chi connectivity index (χ2n) is 3.89. The van der Waals surface area contributed by atoms with Gasteiger partial charge in [-0.3, -0.25) is 4.79 Å². The first-order chi connectivity index (χ1) is 9.11. The van der Waals surface area contributed by atoms with Gasteiger partial charge in [0.2, 0.25) is 0 Å². The van der Waals surface area contributed by atoms with Crippen molar-refractivity contribution >= 4 is 17.3 Å². The predicted molar refractivity (Wildman–Crippen MR) is 71.8 cm³/mol. The number of hydrogen-bond acceptors (Lipinski definition) is 3. The number of methoxy groups -OCH3 is 1. The Labute approximate surface area is 110 Å². The summed E-state index contributed by atoms with van der Waals surface area (Å²) in [4.78, 5) is 11.9. The predicted octanol–water partition coefficient (Wildman–Crippen LogP) is 2.67. The number of carbonyl (C=O) groups is 1. The highest BCUT2D eigenvalue weighted by Crippen LogP contribution is 2.19. The Morgan fingerprint density at radius 2 is 1.89 bits per heavy atom. The monoisotopic (exact) mass is 260 g/mol. The average Bonchev–Trinajstić information content (AvgIpc) is 2.39. The van der Waals surface area contributed by atoms with Crippen molar-refractivity contribution < 1.29 is 13.9 Å². The van der Waals surface area contributed by atoms with Gasteiger partial charge < -0.3 is 15.8 Å². The summed E-state index contributed by atoms with van der Waals surface area (Å²) in [5, 5.41) is 2.58. The molecule has 0 aliphatic carbocycles. The molecule has 0 heterocycles. The molecule has 19 heavy (non-hydrogen) atoms. The summed E-state index contributed by atoms with van der Waals surface area (Å²) in [6, 6.07) is 10.8. The molecule has 0 fully saturated rings. The van der Waals surface area contributed by atoms with Crippen LogP contribution in [-0.4, -0.2) is 13.0 Å². The van der Waals surface area contributed by atoms with Crippen molar-refractivity contribution in [3.63, 3.8) is 0 Å². The number of hydrogen-bond donors (Lipinski definition) is 2. The third-order valence-corrected chi connectivity index (χ3v) is 2.62. The fraction of sp³-hybridized carbons (Fsp3) is 0.0714. The lowest BCUT2D eigenvalue weighted by Crippen LogP contribution is -2.15. The Kier molecular flexibility index (Phi) is 3.66. The Morgan fingerprint density at radius 3 is 2.47 bits per heavy atom. The van der Waals surface area contributed by atoms with E-state index in [2.05, 4.69) is 5.32 Å². The second kappa shape index (κ2) is 5.39. The van der Waals surface area contributed by atoms with Gasteiger partial charge in [-0.2, -0.15) is 0 Å². The number of carbonyl (C=O) groups excluding carboxylic acids is 1. The van der Waals surface area contributed by atoms with Crippen LogP contribution in [0, 0.1) is 5.82 Å². The second-order valence-corrected chi connectivity index (χ2v) is 3.89. The fourth-order valence-electron chi connectivity index (χ4n) is 1.65. The van der Waals surface area contributed by atoms with Crippen LogP contribution in [0.5, 0.6) is 5.75 Å². The van der Waals surface area contributed by atoms with Crippen LogP contribution in [0.3, 0.4) is 0 Å². The smallest absolute Gasteiger partial charge is 0.260 e. The normalized spacial score (nSPS) is 10.0. The van der Waals surface area contributed by atoms with Gasteiger partial charge in [0, 0.05) is 11.4 Å². The number of anilines is 2. The van der Waals surface area contributed by atoms with Crippen molar-refractivity contribution in [2.24, 2.45) is 0 Å². The molecule has 0 unspecified atom stereocenters. The van der Waals surface area contributed by atoms with Gasteiger partial charge in [-0.15, -0.1) is 0 Å². The first kappa shape index (κ1) is 12.9. The molecule has 0 spiro atoms.